The van der Waals surface area contributed by atoms with Gasteiger partial charge >= 0.3 is 5.97 Å². The number of carbonyl (C=O) groups is 3. The van der Waals surface area contributed by atoms with E-state index in [1.54, 1.807) is 22.0 Å². The normalized spacial score (nSPS) is 29.6. The first-order valence-electron chi connectivity index (χ1n) is 14.1. The lowest BCUT2D eigenvalue weighted by molar-refractivity contribution is -0.157. The van der Waals surface area contributed by atoms with E-state index in [2.05, 4.69) is 20.1 Å². The van der Waals surface area contributed by atoms with Crippen molar-refractivity contribution in [2.24, 2.45) is 17.8 Å². The molecule has 37 heavy (non-hydrogen) atoms. The number of aliphatic hydroxyl groups is 1. The van der Waals surface area contributed by atoms with Gasteiger partial charge in [0, 0.05) is 13.1 Å². The summed E-state index contributed by atoms with van der Waals surface area (Å²) in [4.78, 5) is 45.0. The quantitative estimate of drug-likeness (QED) is 0.191. The topological polar surface area (TPSA) is 96.4 Å². The van der Waals surface area contributed by atoms with Gasteiger partial charge in [0.15, 0.2) is 0 Å². The predicted molar refractivity (Wildman–Crippen MR) is 141 cm³/mol. The Kier molecular flexibility index (Phi) is 10.4. The molecule has 0 saturated carbocycles. The summed E-state index contributed by atoms with van der Waals surface area (Å²) < 4.78 is 12.1. The molecule has 1 spiro atoms. The molecule has 0 aromatic rings. The molecule has 2 amide bonds. The average Bonchev–Trinajstić information content (AvgIpc) is 3.54. The first kappa shape index (κ1) is 29.4. The maximum absolute atomic E-state index is 14.3. The lowest BCUT2D eigenvalue weighted by Crippen LogP contribution is -2.59. The van der Waals surface area contributed by atoms with Crippen LogP contribution in [-0.2, 0) is 23.9 Å². The molecule has 3 aliphatic rings. The summed E-state index contributed by atoms with van der Waals surface area (Å²) in [7, 11) is 0. The van der Waals surface area contributed by atoms with Crippen LogP contribution in [0.2, 0.25) is 0 Å². The number of ether oxygens (including phenoxy) is 2. The van der Waals surface area contributed by atoms with Crippen LogP contribution in [0, 0.1) is 17.8 Å². The number of nitrogens with zero attached hydrogens (tertiary/aromatic N) is 2. The van der Waals surface area contributed by atoms with E-state index in [1.165, 1.54) is 0 Å². The summed E-state index contributed by atoms with van der Waals surface area (Å²) in [5.41, 5.74) is -1.09. The monoisotopic (exact) mass is 518 g/mol. The van der Waals surface area contributed by atoms with Crippen LogP contribution in [0.5, 0.6) is 0 Å². The third-order valence-electron chi connectivity index (χ3n) is 8.58. The number of likely N-dealkylation sites (tertiary alicyclic amines) is 1. The van der Waals surface area contributed by atoms with Crippen LogP contribution in [0.25, 0.3) is 0 Å². The minimum atomic E-state index is -1.09. The van der Waals surface area contributed by atoms with Crippen LogP contribution in [0.3, 0.4) is 0 Å². The summed E-state index contributed by atoms with van der Waals surface area (Å²) in [6.45, 7) is 14.6. The van der Waals surface area contributed by atoms with E-state index in [0.717, 1.165) is 32.1 Å². The molecular formula is C29H46N2O6. The lowest BCUT2D eigenvalue weighted by atomic mass is 9.70. The molecule has 3 fully saturated rings. The molecule has 0 aliphatic carbocycles. The molecule has 2 bridgehead atoms. The second-order valence-corrected chi connectivity index (χ2v) is 10.8. The Morgan fingerprint density at radius 1 is 1.27 bits per heavy atom. The molecule has 3 saturated heterocycles. The second-order valence-electron chi connectivity index (χ2n) is 10.8. The number of amides is 2. The molecule has 0 aromatic heterocycles. The van der Waals surface area contributed by atoms with Crippen LogP contribution >= 0.6 is 0 Å². The van der Waals surface area contributed by atoms with Crippen molar-refractivity contribution in [2.75, 3.05) is 26.3 Å². The molecule has 1 N–H and O–H groups in total. The summed E-state index contributed by atoms with van der Waals surface area (Å²) in [5, 5.41) is 10.4. The van der Waals surface area contributed by atoms with E-state index in [0.29, 0.717) is 32.4 Å². The molecule has 0 aromatic carbocycles. The number of aliphatic hydroxyl groups excluding tert-OH is 1. The van der Waals surface area contributed by atoms with Gasteiger partial charge in [-0.15, -0.1) is 13.2 Å². The molecule has 8 nitrogen and oxygen atoms in total. The Morgan fingerprint density at radius 2 is 2.03 bits per heavy atom. The van der Waals surface area contributed by atoms with Gasteiger partial charge in [0.1, 0.15) is 11.6 Å². The zero-order chi connectivity index (χ0) is 27.2. The zero-order valence-electron chi connectivity index (χ0n) is 22.9. The number of carbonyl (C=O) groups excluding carboxylic acids is 3. The van der Waals surface area contributed by atoms with Crippen LogP contribution < -0.4 is 0 Å². The molecular weight excluding hydrogens is 472 g/mol. The van der Waals surface area contributed by atoms with E-state index in [-0.39, 0.29) is 30.9 Å². The van der Waals surface area contributed by atoms with Gasteiger partial charge in [-0.3, -0.25) is 14.4 Å². The minimum Gasteiger partial charge on any atom is -0.465 e. The van der Waals surface area contributed by atoms with Crippen LogP contribution in [0.15, 0.2) is 25.3 Å². The van der Waals surface area contributed by atoms with E-state index < -0.39 is 41.6 Å². The zero-order valence-corrected chi connectivity index (χ0v) is 22.9. The predicted octanol–water partition coefficient (Wildman–Crippen LogP) is 3.48. The molecule has 2 unspecified atom stereocenters. The average molecular weight is 519 g/mol. The van der Waals surface area contributed by atoms with Crippen molar-refractivity contribution in [3.8, 4) is 0 Å². The molecule has 3 heterocycles. The fraction of sp³-hybridized carbons (Fsp3) is 0.759. The van der Waals surface area contributed by atoms with Crippen LogP contribution in [-0.4, -0.2) is 82.8 Å². The molecule has 3 aliphatic heterocycles. The van der Waals surface area contributed by atoms with E-state index in [9.17, 15) is 19.5 Å². The Balaban J connectivity index is 1.99. The molecule has 7 atom stereocenters. The Labute approximate surface area is 222 Å². The van der Waals surface area contributed by atoms with Crippen molar-refractivity contribution in [3.63, 3.8) is 0 Å². The van der Waals surface area contributed by atoms with Gasteiger partial charge in [-0.2, -0.15) is 0 Å². The highest BCUT2D eigenvalue weighted by atomic mass is 16.6. The summed E-state index contributed by atoms with van der Waals surface area (Å²) >= 11 is 0. The number of allylic oxidation sites excluding steroid dienone is 1. The number of rotatable bonds is 16. The van der Waals surface area contributed by atoms with Gasteiger partial charge in [-0.05, 0) is 38.0 Å². The van der Waals surface area contributed by atoms with Crippen molar-refractivity contribution >= 4 is 17.8 Å². The van der Waals surface area contributed by atoms with E-state index in [1.807, 2.05) is 13.8 Å². The maximum atomic E-state index is 14.3. The van der Waals surface area contributed by atoms with Gasteiger partial charge in [0.05, 0.1) is 37.2 Å². The fourth-order valence-corrected chi connectivity index (χ4v) is 6.48. The van der Waals surface area contributed by atoms with Crippen molar-refractivity contribution in [1.29, 1.82) is 0 Å². The SMILES string of the molecule is C=CCCCOC(=O)[C@@H]1[C@@H]2CCC3(O2)C(C(=O)N(CC=C)CCCCC)N([C@@H](CO)[C@@H](C)CC)C(=O)[C@H]13. The second kappa shape index (κ2) is 13.1. The molecule has 8 heteroatoms. The number of fused-ring (bicyclic) bond motifs is 1. The summed E-state index contributed by atoms with van der Waals surface area (Å²) in [6.07, 6.45) is 9.16. The number of unbranched alkanes of at least 4 members (excludes halogenated alkanes) is 3. The lowest BCUT2D eigenvalue weighted by Gasteiger charge is -2.41. The fourth-order valence-electron chi connectivity index (χ4n) is 6.48. The van der Waals surface area contributed by atoms with Gasteiger partial charge in [-0.25, -0.2) is 0 Å². The van der Waals surface area contributed by atoms with E-state index >= 15 is 0 Å². The van der Waals surface area contributed by atoms with E-state index in [4.69, 9.17) is 9.47 Å². The number of esters is 1. The molecule has 208 valence electrons. The van der Waals surface area contributed by atoms with Gasteiger partial charge < -0.3 is 24.4 Å². The number of hydrogen-bond donors (Lipinski definition) is 1. The standard InChI is InChI=1S/C29H46N2O6/c1-6-10-12-17-30(16-8-3)27(34)25-29-15-14-22(37-29)23(28(35)36-18-13-11-7-2)24(29)26(33)31(25)21(19-32)20(5)9-4/h7-8,20-25,32H,2-3,6,9-19H2,1,4-5H3/t20-,21-,22-,23+,24-,25?,29?/m0/s1. The molecule has 3 rings (SSSR count). The highest BCUT2D eigenvalue weighted by Crippen LogP contribution is 2.59. The van der Waals surface area contributed by atoms with Crippen molar-refractivity contribution < 1.29 is 29.0 Å². The van der Waals surface area contributed by atoms with Crippen LogP contribution in [0.1, 0.15) is 72.1 Å². The molecule has 0 radical (unpaired) electrons. The Morgan fingerprint density at radius 3 is 2.65 bits per heavy atom. The highest BCUT2D eigenvalue weighted by molar-refractivity contribution is 5.98. The first-order valence-corrected chi connectivity index (χ1v) is 14.1. The first-order chi connectivity index (χ1) is 17.8. The number of hydrogen-bond acceptors (Lipinski definition) is 6. The summed E-state index contributed by atoms with van der Waals surface area (Å²) in [6, 6.07) is -1.43. The maximum Gasteiger partial charge on any atom is 0.312 e. The minimum absolute atomic E-state index is 0.0334. The summed E-state index contributed by atoms with van der Waals surface area (Å²) in [5.74, 6) is -2.46. The van der Waals surface area contributed by atoms with Crippen molar-refractivity contribution in [2.45, 2.75) is 95.9 Å². The van der Waals surface area contributed by atoms with Gasteiger partial charge in [0.2, 0.25) is 11.8 Å². The van der Waals surface area contributed by atoms with Gasteiger partial charge in [0.25, 0.3) is 0 Å². The van der Waals surface area contributed by atoms with Gasteiger partial charge in [-0.1, -0.05) is 52.2 Å². The third-order valence-corrected chi connectivity index (χ3v) is 8.58. The Bertz CT molecular complexity index is 846. The highest BCUT2D eigenvalue weighted by Gasteiger charge is 2.75. The van der Waals surface area contributed by atoms with Crippen LogP contribution in [0.4, 0.5) is 0 Å². The smallest absolute Gasteiger partial charge is 0.312 e. The largest absolute Gasteiger partial charge is 0.465 e. The third kappa shape index (κ3) is 5.51. The van der Waals surface area contributed by atoms with Crippen molar-refractivity contribution in [1.82, 2.24) is 9.80 Å². The van der Waals surface area contributed by atoms with Crippen molar-refractivity contribution in [3.05, 3.63) is 25.3 Å². The Hall–Kier alpha value is -2.19.